The summed E-state index contributed by atoms with van der Waals surface area (Å²) in [4.78, 5) is 0. The first-order valence-corrected chi connectivity index (χ1v) is 7.35. The summed E-state index contributed by atoms with van der Waals surface area (Å²) in [5.41, 5.74) is 3.76. The zero-order valence-electron chi connectivity index (χ0n) is 13.3. The predicted molar refractivity (Wildman–Crippen MR) is 97.2 cm³/mol. The molecule has 124 valence electrons. The SMILES string of the molecule is C=Cc1ccc[c-]1-[c-]1cccc1.[Fe+2].[Fe+2].c1cc[cH-]c1.c1cc[cH-]c1. The standard InChI is InChI=1S/C12H10.2C5H5.2Fe/c1-2-10-8-5-9-12(10)11-6-3-4-7-11;2*1-2-4-5-3-1;;/h2-9H,1H2;2*1-5H;;/q-2;2*-1;2*+2. The summed E-state index contributed by atoms with van der Waals surface area (Å²) >= 11 is 0. The molecule has 0 spiro atoms. The summed E-state index contributed by atoms with van der Waals surface area (Å²) in [6.07, 6.45) is 1.89. The summed E-state index contributed by atoms with van der Waals surface area (Å²) in [6.45, 7) is 3.77. The van der Waals surface area contributed by atoms with Crippen LogP contribution in [0.15, 0.2) is 110 Å². The molecule has 0 saturated heterocycles. The molecule has 0 heterocycles. The van der Waals surface area contributed by atoms with E-state index < -0.39 is 0 Å². The molecule has 4 aromatic carbocycles. The summed E-state index contributed by atoms with van der Waals surface area (Å²) in [7, 11) is 0. The number of rotatable bonds is 2. The van der Waals surface area contributed by atoms with Crippen molar-refractivity contribution < 1.29 is 34.1 Å². The van der Waals surface area contributed by atoms with Crippen LogP contribution >= 0.6 is 0 Å². The van der Waals surface area contributed by atoms with Crippen molar-refractivity contribution in [3.8, 4) is 11.1 Å². The van der Waals surface area contributed by atoms with Crippen molar-refractivity contribution in [3.63, 3.8) is 0 Å². The third-order valence-corrected chi connectivity index (χ3v) is 3.15. The fraction of sp³-hybridized carbons (Fsp3) is 0. The molecule has 0 nitrogen and oxygen atoms in total. The van der Waals surface area contributed by atoms with Crippen LogP contribution in [0, 0.1) is 0 Å². The first-order chi connectivity index (χ1) is 10.9. The van der Waals surface area contributed by atoms with Crippen LogP contribution in [0.2, 0.25) is 0 Å². The van der Waals surface area contributed by atoms with Gasteiger partial charge in [0.2, 0.25) is 0 Å². The van der Waals surface area contributed by atoms with Crippen LogP contribution in [-0.4, -0.2) is 0 Å². The van der Waals surface area contributed by atoms with Crippen LogP contribution in [0.5, 0.6) is 0 Å². The Balaban J connectivity index is 0.000000370. The van der Waals surface area contributed by atoms with Gasteiger partial charge in [-0.2, -0.15) is 95.6 Å². The van der Waals surface area contributed by atoms with Gasteiger partial charge in [0.25, 0.3) is 0 Å². The average Bonchev–Trinajstić information content (AvgIpc) is 3.41. The van der Waals surface area contributed by atoms with E-state index in [9.17, 15) is 0 Å². The first-order valence-electron chi connectivity index (χ1n) is 7.35. The van der Waals surface area contributed by atoms with Gasteiger partial charge in [-0.25, -0.2) is 24.3 Å². The van der Waals surface area contributed by atoms with Gasteiger partial charge in [0.15, 0.2) is 0 Å². The summed E-state index contributed by atoms with van der Waals surface area (Å²) < 4.78 is 0. The second kappa shape index (κ2) is 13.6. The molecule has 0 aliphatic heterocycles. The van der Waals surface area contributed by atoms with Crippen molar-refractivity contribution in [3.05, 3.63) is 115 Å². The summed E-state index contributed by atoms with van der Waals surface area (Å²) in [6, 6.07) is 34.6. The molecule has 0 bridgehead atoms. The molecule has 0 fully saturated rings. The first kappa shape index (κ1) is 22.2. The maximum absolute atomic E-state index is 3.77. The van der Waals surface area contributed by atoms with E-state index in [1.165, 1.54) is 16.7 Å². The van der Waals surface area contributed by atoms with Crippen LogP contribution in [0.4, 0.5) is 0 Å². The molecule has 2 heteroatoms. The quantitative estimate of drug-likeness (QED) is 0.278. The van der Waals surface area contributed by atoms with Gasteiger partial charge in [-0.15, -0.1) is 12.7 Å². The zero-order valence-corrected chi connectivity index (χ0v) is 15.5. The molecule has 0 saturated carbocycles. The molecule has 0 atom stereocenters. The molecular formula is C22H20Fe2. The van der Waals surface area contributed by atoms with Gasteiger partial charge >= 0.3 is 34.1 Å². The van der Waals surface area contributed by atoms with E-state index in [-0.39, 0.29) is 34.1 Å². The van der Waals surface area contributed by atoms with Gasteiger partial charge in [-0.05, 0) is 0 Å². The van der Waals surface area contributed by atoms with E-state index in [0.29, 0.717) is 0 Å². The van der Waals surface area contributed by atoms with Gasteiger partial charge in [-0.3, -0.25) is 0 Å². The van der Waals surface area contributed by atoms with Crippen LogP contribution in [0.3, 0.4) is 0 Å². The molecular weight excluding hydrogens is 376 g/mol. The minimum absolute atomic E-state index is 0. The van der Waals surface area contributed by atoms with Crippen LogP contribution in [0.1, 0.15) is 5.56 Å². The molecule has 0 N–H and O–H groups in total. The normalized spacial score (nSPS) is 8.33. The fourth-order valence-electron chi connectivity index (χ4n) is 2.07. The maximum Gasteiger partial charge on any atom is 2.00 e. The van der Waals surface area contributed by atoms with Gasteiger partial charge in [0.1, 0.15) is 0 Å². The molecule has 0 aliphatic rings. The molecule has 4 aromatic rings. The van der Waals surface area contributed by atoms with E-state index in [4.69, 9.17) is 0 Å². The molecule has 0 unspecified atom stereocenters. The Morgan fingerprint density at radius 3 is 1.58 bits per heavy atom. The van der Waals surface area contributed by atoms with Gasteiger partial charge < -0.3 is 0 Å². The largest absolute Gasteiger partial charge is 2.00 e. The smallest absolute Gasteiger partial charge is 0.214 e. The Morgan fingerprint density at radius 1 is 0.708 bits per heavy atom. The summed E-state index contributed by atoms with van der Waals surface area (Å²) in [5, 5.41) is 0. The Morgan fingerprint density at radius 2 is 1.21 bits per heavy atom. The molecule has 0 amide bonds. The maximum atomic E-state index is 3.77. The third kappa shape index (κ3) is 7.64. The fourth-order valence-corrected chi connectivity index (χ4v) is 2.07. The van der Waals surface area contributed by atoms with Crippen LogP contribution in [-0.2, 0) is 34.1 Å². The van der Waals surface area contributed by atoms with Crippen molar-refractivity contribution in [1.29, 1.82) is 0 Å². The van der Waals surface area contributed by atoms with Crippen molar-refractivity contribution in [2.24, 2.45) is 0 Å². The molecule has 0 radical (unpaired) electrons. The molecule has 24 heavy (non-hydrogen) atoms. The van der Waals surface area contributed by atoms with E-state index in [0.717, 1.165) is 0 Å². The molecule has 0 aromatic heterocycles. The average molecular weight is 396 g/mol. The minimum Gasteiger partial charge on any atom is -0.214 e. The second-order valence-electron chi connectivity index (χ2n) is 4.70. The van der Waals surface area contributed by atoms with E-state index >= 15 is 0 Å². The van der Waals surface area contributed by atoms with Gasteiger partial charge in [0, 0.05) is 0 Å². The van der Waals surface area contributed by atoms with E-state index in [1.807, 2.05) is 66.7 Å². The van der Waals surface area contributed by atoms with Crippen LogP contribution in [0.25, 0.3) is 17.2 Å². The van der Waals surface area contributed by atoms with Gasteiger partial charge in [-0.1, -0.05) is 0 Å². The van der Waals surface area contributed by atoms with Crippen molar-refractivity contribution in [2.75, 3.05) is 0 Å². The third-order valence-electron chi connectivity index (χ3n) is 3.15. The number of hydrogen-bond acceptors (Lipinski definition) is 0. The topological polar surface area (TPSA) is 0 Å². The van der Waals surface area contributed by atoms with Crippen molar-refractivity contribution >= 4 is 6.08 Å². The Labute approximate surface area is 166 Å². The van der Waals surface area contributed by atoms with Crippen LogP contribution < -0.4 is 0 Å². The Kier molecular flexibility index (Phi) is 12.6. The monoisotopic (exact) mass is 396 g/mol. The van der Waals surface area contributed by atoms with E-state index in [2.05, 4.69) is 49.0 Å². The van der Waals surface area contributed by atoms with Crippen molar-refractivity contribution in [2.45, 2.75) is 0 Å². The van der Waals surface area contributed by atoms with Crippen molar-refractivity contribution in [1.82, 2.24) is 0 Å². The molecule has 4 rings (SSSR count). The molecule has 0 aliphatic carbocycles. The van der Waals surface area contributed by atoms with Gasteiger partial charge in [0.05, 0.1) is 0 Å². The number of hydrogen-bond donors (Lipinski definition) is 0. The Hall–Kier alpha value is -1.82. The minimum atomic E-state index is 0. The zero-order chi connectivity index (χ0) is 15.5. The predicted octanol–water partition coefficient (Wildman–Crippen LogP) is 6.24. The second-order valence-corrected chi connectivity index (χ2v) is 4.70. The Bertz CT molecular complexity index is 635. The summed E-state index contributed by atoms with van der Waals surface area (Å²) in [5.74, 6) is 0. The van der Waals surface area contributed by atoms with E-state index in [1.54, 1.807) is 0 Å².